The van der Waals surface area contributed by atoms with Crippen LogP contribution in [0.3, 0.4) is 0 Å². The summed E-state index contributed by atoms with van der Waals surface area (Å²) in [7, 11) is 3.96. The van der Waals surface area contributed by atoms with Gasteiger partial charge in [0.25, 0.3) is 0 Å². The molecule has 1 aliphatic heterocycles. The van der Waals surface area contributed by atoms with Crippen LogP contribution in [0.4, 0.5) is 0 Å². The Morgan fingerprint density at radius 2 is 2.11 bits per heavy atom. The molecule has 2 rings (SSSR count). The van der Waals surface area contributed by atoms with E-state index in [0.29, 0.717) is 0 Å². The minimum atomic E-state index is 0.810. The fraction of sp³-hybridized carbons (Fsp3) is 0.625. The van der Waals surface area contributed by atoms with Crippen LogP contribution in [0.2, 0.25) is 0 Å². The number of aryl methyl sites for hydroxylation is 2. The summed E-state index contributed by atoms with van der Waals surface area (Å²) in [5, 5.41) is 3.43. The molecule has 1 unspecified atom stereocenters. The van der Waals surface area contributed by atoms with Crippen LogP contribution in [0.15, 0.2) is 12.1 Å². The third-order valence-corrected chi connectivity index (χ3v) is 4.03. The molecule has 0 aromatic heterocycles. The van der Waals surface area contributed by atoms with Crippen LogP contribution < -0.4 is 10.1 Å². The van der Waals surface area contributed by atoms with Gasteiger partial charge >= 0.3 is 0 Å². The van der Waals surface area contributed by atoms with Gasteiger partial charge in [-0.05, 0) is 69.1 Å². The van der Waals surface area contributed by atoms with Crippen molar-refractivity contribution in [3.8, 4) is 5.75 Å². The third-order valence-electron chi connectivity index (χ3n) is 4.03. The molecule has 1 aromatic rings. The molecule has 1 fully saturated rings. The summed E-state index contributed by atoms with van der Waals surface area (Å²) in [6, 6.07) is 4.41. The van der Waals surface area contributed by atoms with E-state index in [1.54, 1.807) is 7.11 Å². The zero-order chi connectivity index (χ0) is 13.8. The Labute approximate surface area is 116 Å². The topological polar surface area (TPSA) is 24.5 Å². The van der Waals surface area contributed by atoms with Gasteiger partial charge in [0.2, 0.25) is 0 Å². The van der Waals surface area contributed by atoms with Gasteiger partial charge in [0.05, 0.1) is 7.11 Å². The Balaban J connectivity index is 1.99. The second kappa shape index (κ2) is 6.40. The molecule has 0 spiro atoms. The summed E-state index contributed by atoms with van der Waals surface area (Å²) in [5.41, 5.74) is 3.95. The fourth-order valence-corrected chi connectivity index (χ4v) is 2.91. The Morgan fingerprint density at radius 3 is 2.74 bits per heavy atom. The average Bonchev–Trinajstić information content (AvgIpc) is 2.86. The molecule has 1 atom stereocenters. The Hall–Kier alpha value is -1.06. The Bertz CT molecular complexity index is 425. The number of methoxy groups -OCH3 is 1. The minimum Gasteiger partial charge on any atom is -0.496 e. The highest BCUT2D eigenvalue weighted by Gasteiger charge is 2.17. The van der Waals surface area contributed by atoms with Crippen molar-refractivity contribution < 1.29 is 4.74 Å². The van der Waals surface area contributed by atoms with Crippen molar-refractivity contribution in [2.45, 2.75) is 26.8 Å². The summed E-state index contributed by atoms with van der Waals surface area (Å²) in [6.45, 7) is 8.83. The van der Waals surface area contributed by atoms with E-state index in [9.17, 15) is 0 Å². The van der Waals surface area contributed by atoms with Crippen molar-refractivity contribution in [3.05, 3.63) is 28.8 Å². The second-order valence-corrected chi connectivity index (χ2v) is 5.80. The van der Waals surface area contributed by atoms with Gasteiger partial charge in [0.15, 0.2) is 0 Å². The lowest BCUT2D eigenvalue weighted by atomic mass is 10.0. The molecule has 0 aliphatic carbocycles. The molecule has 0 radical (unpaired) electrons. The predicted octanol–water partition coefficient (Wildman–Crippen LogP) is 2.35. The molecule has 3 nitrogen and oxygen atoms in total. The van der Waals surface area contributed by atoms with E-state index < -0.39 is 0 Å². The molecular formula is C16H26N2O. The van der Waals surface area contributed by atoms with Crippen LogP contribution in [-0.2, 0) is 6.54 Å². The van der Waals surface area contributed by atoms with Crippen LogP contribution in [0.5, 0.6) is 5.75 Å². The van der Waals surface area contributed by atoms with E-state index in [1.807, 2.05) is 0 Å². The highest BCUT2D eigenvalue weighted by Crippen LogP contribution is 2.23. The maximum Gasteiger partial charge on any atom is 0.122 e. The number of hydrogen-bond donors (Lipinski definition) is 1. The van der Waals surface area contributed by atoms with Gasteiger partial charge in [0.1, 0.15) is 5.75 Å². The lowest BCUT2D eigenvalue weighted by molar-refractivity contribution is 0.278. The monoisotopic (exact) mass is 262 g/mol. The van der Waals surface area contributed by atoms with Crippen LogP contribution in [-0.4, -0.2) is 38.7 Å². The van der Waals surface area contributed by atoms with Crippen molar-refractivity contribution in [1.82, 2.24) is 10.2 Å². The molecule has 106 valence electrons. The van der Waals surface area contributed by atoms with Crippen molar-refractivity contribution >= 4 is 0 Å². The molecule has 1 aliphatic rings. The molecule has 3 heteroatoms. The zero-order valence-electron chi connectivity index (χ0n) is 12.6. The number of benzene rings is 1. The van der Waals surface area contributed by atoms with Crippen LogP contribution in [0.25, 0.3) is 0 Å². The third kappa shape index (κ3) is 3.71. The van der Waals surface area contributed by atoms with Gasteiger partial charge in [-0.15, -0.1) is 0 Å². The smallest absolute Gasteiger partial charge is 0.122 e. The van der Waals surface area contributed by atoms with Crippen molar-refractivity contribution in [3.63, 3.8) is 0 Å². The standard InChI is InChI=1S/C16H26N2O/c1-12-8-16(19-4)13(2)7-15(12)11-18(3)10-14-5-6-17-9-14/h7-8,14,17H,5-6,9-11H2,1-4H3. The highest BCUT2D eigenvalue weighted by atomic mass is 16.5. The van der Waals surface area contributed by atoms with E-state index in [2.05, 4.69) is 43.2 Å². The van der Waals surface area contributed by atoms with Crippen LogP contribution >= 0.6 is 0 Å². The number of hydrogen-bond acceptors (Lipinski definition) is 3. The largest absolute Gasteiger partial charge is 0.496 e. The highest BCUT2D eigenvalue weighted by molar-refractivity contribution is 5.41. The number of nitrogens with zero attached hydrogens (tertiary/aromatic N) is 1. The van der Waals surface area contributed by atoms with Gasteiger partial charge in [-0.2, -0.15) is 0 Å². The lowest BCUT2D eigenvalue weighted by Crippen LogP contribution is -2.27. The molecular weight excluding hydrogens is 236 g/mol. The first-order chi connectivity index (χ1) is 9.10. The maximum atomic E-state index is 5.37. The molecule has 0 bridgehead atoms. The van der Waals surface area contributed by atoms with Gasteiger partial charge in [-0.3, -0.25) is 0 Å². The normalized spacial score (nSPS) is 19.1. The minimum absolute atomic E-state index is 0.810. The number of nitrogens with one attached hydrogen (secondary N) is 1. The number of rotatable bonds is 5. The van der Waals surface area contributed by atoms with Gasteiger partial charge in [-0.25, -0.2) is 0 Å². The van der Waals surface area contributed by atoms with E-state index in [1.165, 1.54) is 42.7 Å². The molecule has 19 heavy (non-hydrogen) atoms. The first kappa shape index (κ1) is 14.4. The average molecular weight is 262 g/mol. The van der Waals surface area contributed by atoms with Crippen molar-refractivity contribution in [2.24, 2.45) is 5.92 Å². The van der Waals surface area contributed by atoms with E-state index in [-0.39, 0.29) is 0 Å². The zero-order valence-corrected chi connectivity index (χ0v) is 12.6. The molecule has 1 heterocycles. The SMILES string of the molecule is COc1cc(C)c(CN(C)CC2CCNC2)cc1C. The molecule has 1 aromatic carbocycles. The van der Waals surface area contributed by atoms with E-state index >= 15 is 0 Å². The quantitative estimate of drug-likeness (QED) is 0.881. The summed E-state index contributed by atoms with van der Waals surface area (Å²) < 4.78 is 5.37. The Kier molecular flexibility index (Phi) is 4.83. The van der Waals surface area contributed by atoms with Gasteiger partial charge < -0.3 is 15.0 Å². The van der Waals surface area contributed by atoms with Crippen molar-refractivity contribution in [1.29, 1.82) is 0 Å². The van der Waals surface area contributed by atoms with Gasteiger partial charge in [-0.1, -0.05) is 6.07 Å². The fourth-order valence-electron chi connectivity index (χ4n) is 2.91. The van der Waals surface area contributed by atoms with E-state index in [4.69, 9.17) is 4.74 Å². The first-order valence-electron chi connectivity index (χ1n) is 7.13. The van der Waals surface area contributed by atoms with Crippen LogP contribution in [0, 0.1) is 19.8 Å². The van der Waals surface area contributed by atoms with Gasteiger partial charge in [0, 0.05) is 13.1 Å². The summed E-state index contributed by atoms with van der Waals surface area (Å²) >= 11 is 0. The van der Waals surface area contributed by atoms with Crippen LogP contribution in [0.1, 0.15) is 23.1 Å². The lowest BCUT2D eigenvalue weighted by Gasteiger charge is -2.22. The van der Waals surface area contributed by atoms with Crippen molar-refractivity contribution in [2.75, 3.05) is 33.8 Å². The predicted molar refractivity (Wildman–Crippen MR) is 79.8 cm³/mol. The molecule has 1 N–H and O–H groups in total. The second-order valence-electron chi connectivity index (χ2n) is 5.80. The molecule has 0 amide bonds. The maximum absolute atomic E-state index is 5.37. The molecule has 1 saturated heterocycles. The Morgan fingerprint density at radius 1 is 1.32 bits per heavy atom. The summed E-state index contributed by atoms with van der Waals surface area (Å²) in [5.74, 6) is 1.80. The summed E-state index contributed by atoms with van der Waals surface area (Å²) in [4.78, 5) is 2.44. The summed E-state index contributed by atoms with van der Waals surface area (Å²) in [6.07, 6.45) is 1.31. The first-order valence-corrected chi connectivity index (χ1v) is 7.13. The van der Waals surface area contributed by atoms with E-state index in [0.717, 1.165) is 18.2 Å². The number of ether oxygens (including phenoxy) is 1. The molecule has 0 saturated carbocycles.